The number of Topliss-reactive ketones (excluding diaryl/α,β-unsaturated/α-hetero) is 1. The number of urea groups is 1. The number of rotatable bonds is 4. The highest BCUT2D eigenvalue weighted by Gasteiger charge is 2.13. The average molecular weight is 303 g/mol. The van der Waals surface area contributed by atoms with Crippen LogP contribution in [0.4, 0.5) is 10.5 Å². The van der Waals surface area contributed by atoms with Gasteiger partial charge in [-0.1, -0.05) is 12.1 Å². The van der Waals surface area contributed by atoms with Crippen molar-refractivity contribution in [2.45, 2.75) is 26.8 Å². The van der Waals surface area contributed by atoms with Gasteiger partial charge >= 0.3 is 6.03 Å². The molecule has 0 aliphatic carbocycles. The molecule has 0 bridgehead atoms. The van der Waals surface area contributed by atoms with Gasteiger partial charge in [0.2, 0.25) is 0 Å². The number of hydrogen-bond acceptors (Lipinski definition) is 4. The number of benzene rings is 1. The third kappa shape index (κ3) is 4.13. The SMILES string of the molecule is CC(=O)c1cccc(NC(=O)NC(C)c2ncc(C)s2)c1. The highest BCUT2D eigenvalue weighted by molar-refractivity contribution is 7.11. The number of carbonyl (C=O) groups is 2. The van der Waals surface area contributed by atoms with Crippen LogP contribution in [0, 0.1) is 6.92 Å². The normalized spacial score (nSPS) is 11.8. The van der Waals surface area contributed by atoms with E-state index in [0.717, 1.165) is 9.88 Å². The summed E-state index contributed by atoms with van der Waals surface area (Å²) in [7, 11) is 0. The number of aromatic nitrogens is 1. The molecule has 1 aromatic carbocycles. The largest absolute Gasteiger partial charge is 0.329 e. The summed E-state index contributed by atoms with van der Waals surface area (Å²) in [5, 5.41) is 6.40. The maximum atomic E-state index is 12.0. The number of amides is 2. The van der Waals surface area contributed by atoms with Crippen LogP contribution >= 0.6 is 11.3 Å². The van der Waals surface area contributed by atoms with Crippen LogP contribution in [0.5, 0.6) is 0 Å². The molecule has 0 spiro atoms. The van der Waals surface area contributed by atoms with Crippen molar-refractivity contribution in [2.75, 3.05) is 5.32 Å². The topological polar surface area (TPSA) is 71.1 Å². The summed E-state index contributed by atoms with van der Waals surface area (Å²) in [6.45, 7) is 5.34. The monoisotopic (exact) mass is 303 g/mol. The highest BCUT2D eigenvalue weighted by atomic mass is 32.1. The van der Waals surface area contributed by atoms with Crippen LogP contribution in [0.1, 0.15) is 40.1 Å². The zero-order valence-electron chi connectivity index (χ0n) is 12.1. The predicted molar refractivity (Wildman–Crippen MR) is 83.9 cm³/mol. The molecule has 0 aliphatic heterocycles. The van der Waals surface area contributed by atoms with Gasteiger partial charge in [-0.25, -0.2) is 9.78 Å². The van der Waals surface area contributed by atoms with E-state index in [4.69, 9.17) is 0 Å². The number of hydrogen-bond donors (Lipinski definition) is 2. The Bertz CT molecular complexity index is 666. The van der Waals surface area contributed by atoms with E-state index in [1.165, 1.54) is 6.92 Å². The zero-order chi connectivity index (χ0) is 15.4. The zero-order valence-corrected chi connectivity index (χ0v) is 13.0. The van der Waals surface area contributed by atoms with E-state index >= 15 is 0 Å². The first-order valence-electron chi connectivity index (χ1n) is 6.56. The Kier molecular flexibility index (Phi) is 4.70. The molecule has 1 heterocycles. The molecule has 2 rings (SSSR count). The van der Waals surface area contributed by atoms with Crippen molar-refractivity contribution in [3.8, 4) is 0 Å². The third-order valence-corrected chi connectivity index (χ3v) is 3.98. The minimum atomic E-state index is -0.323. The molecule has 110 valence electrons. The van der Waals surface area contributed by atoms with Gasteiger partial charge in [0, 0.05) is 22.3 Å². The Morgan fingerprint density at radius 1 is 1.33 bits per heavy atom. The Morgan fingerprint density at radius 3 is 2.71 bits per heavy atom. The number of nitrogens with zero attached hydrogens (tertiary/aromatic N) is 1. The van der Waals surface area contributed by atoms with Crippen molar-refractivity contribution in [3.05, 3.63) is 45.9 Å². The van der Waals surface area contributed by atoms with E-state index < -0.39 is 0 Å². The van der Waals surface area contributed by atoms with Crippen LogP contribution in [0.25, 0.3) is 0 Å². The number of thiazole rings is 1. The van der Waals surface area contributed by atoms with Crippen molar-refractivity contribution in [3.63, 3.8) is 0 Å². The lowest BCUT2D eigenvalue weighted by Crippen LogP contribution is -2.31. The van der Waals surface area contributed by atoms with E-state index in [9.17, 15) is 9.59 Å². The van der Waals surface area contributed by atoms with Crippen molar-refractivity contribution >= 4 is 28.8 Å². The quantitative estimate of drug-likeness (QED) is 0.849. The fourth-order valence-electron chi connectivity index (χ4n) is 1.81. The fraction of sp³-hybridized carbons (Fsp3) is 0.267. The van der Waals surface area contributed by atoms with Crippen LogP contribution in [0.2, 0.25) is 0 Å². The van der Waals surface area contributed by atoms with E-state index in [-0.39, 0.29) is 17.9 Å². The molecular weight excluding hydrogens is 286 g/mol. The van der Waals surface area contributed by atoms with Crippen LogP contribution in [-0.4, -0.2) is 16.8 Å². The van der Waals surface area contributed by atoms with E-state index in [2.05, 4.69) is 15.6 Å². The van der Waals surface area contributed by atoms with E-state index in [0.29, 0.717) is 11.3 Å². The standard InChI is InChI=1S/C15H17N3O2S/c1-9-8-16-14(21-9)10(2)17-15(20)18-13-6-4-5-12(7-13)11(3)19/h4-8,10H,1-3H3,(H2,17,18,20). The number of aryl methyl sites for hydroxylation is 1. The molecule has 2 amide bonds. The van der Waals surface area contributed by atoms with Crippen LogP contribution in [0.15, 0.2) is 30.5 Å². The molecule has 6 heteroatoms. The van der Waals surface area contributed by atoms with Gasteiger partial charge in [0.25, 0.3) is 0 Å². The summed E-state index contributed by atoms with van der Waals surface area (Å²) in [6, 6.07) is 6.35. The lowest BCUT2D eigenvalue weighted by Gasteiger charge is -2.12. The lowest BCUT2D eigenvalue weighted by atomic mass is 10.1. The maximum Gasteiger partial charge on any atom is 0.319 e. The van der Waals surface area contributed by atoms with Crippen LogP contribution < -0.4 is 10.6 Å². The maximum absolute atomic E-state index is 12.0. The number of nitrogens with one attached hydrogen (secondary N) is 2. The second-order valence-corrected chi connectivity index (χ2v) is 6.03. The summed E-state index contributed by atoms with van der Waals surface area (Å²) in [5.74, 6) is -0.0364. The number of carbonyl (C=O) groups excluding carboxylic acids is 2. The van der Waals surface area contributed by atoms with Crippen molar-refractivity contribution in [1.82, 2.24) is 10.3 Å². The first kappa shape index (κ1) is 15.2. The lowest BCUT2D eigenvalue weighted by molar-refractivity contribution is 0.101. The van der Waals surface area contributed by atoms with E-state index in [1.807, 2.05) is 13.8 Å². The molecule has 1 aromatic heterocycles. The van der Waals surface area contributed by atoms with Gasteiger partial charge in [-0.15, -0.1) is 11.3 Å². The minimum absolute atomic E-state index is 0.0364. The molecule has 0 fully saturated rings. The molecule has 0 saturated carbocycles. The molecule has 2 aromatic rings. The second kappa shape index (κ2) is 6.49. The van der Waals surface area contributed by atoms with Gasteiger partial charge in [0.05, 0.1) is 6.04 Å². The second-order valence-electron chi connectivity index (χ2n) is 4.77. The Morgan fingerprint density at radius 2 is 2.10 bits per heavy atom. The van der Waals surface area contributed by atoms with Gasteiger partial charge in [-0.2, -0.15) is 0 Å². The first-order chi connectivity index (χ1) is 9.95. The van der Waals surface area contributed by atoms with Gasteiger partial charge in [0.15, 0.2) is 5.78 Å². The van der Waals surface area contributed by atoms with Gasteiger partial charge in [-0.05, 0) is 32.9 Å². The fourth-order valence-corrected chi connectivity index (χ4v) is 2.59. The molecular formula is C15H17N3O2S. The smallest absolute Gasteiger partial charge is 0.319 e. The Labute approximate surface area is 127 Å². The highest BCUT2D eigenvalue weighted by Crippen LogP contribution is 2.19. The first-order valence-corrected chi connectivity index (χ1v) is 7.38. The molecule has 21 heavy (non-hydrogen) atoms. The summed E-state index contributed by atoms with van der Waals surface area (Å²) >= 11 is 1.55. The van der Waals surface area contributed by atoms with Gasteiger partial charge in [-0.3, -0.25) is 4.79 Å². The van der Waals surface area contributed by atoms with Crippen LogP contribution in [-0.2, 0) is 0 Å². The molecule has 5 nitrogen and oxygen atoms in total. The van der Waals surface area contributed by atoms with Gasteiger partial charge in [0.1, 0.15) is 5.01 Å². The predicted octanol–water partition coefficient (Wildman–Crippen LogP) is 3.54. The Balaban J connectivity index is 1.98. The van der Waals surface area contributed by atoms with Crippen LogP contribution in [0.3, 0.4) is 0 Å². The molecule has 1 atom stereocenters. The van der Waals surface area contributed by atoms with Crippen molar-refractivity contribution in [2.24, 2.45) is 0 Å². The number of anilines is 1. The summed E-state index contributed by atoms with van der Waals surface area (Å²) in [5.41, 5.74) is 1.15. The molecule has 1 unspecified atom stereocenters. The Hall–Kier alpha value is -2.21. The average Bonchev–Trinajstić information content (AvgIpc) is 2.85. The van der Waals surface area contributed by atoms with E-state index in [1.54, 1.807) is 41.8 Å². The summed E-state index contributed by atoms with van der Waals surface area (Å²) < 4.78 is 0. The summed E-state index contributed by atoms with van der Waals surface area (Å²) in [4.78, 5) is 28.6. The molecule has 0 aliphatic rings. The van der Waals surface area contributed by atoms with Gasteiger partial charge < -0.3 is 10.6 Å². The summed E-state index contributed by atoms with van der Waals surface area (Å²) in [6.07, 6.45) is 1.78. The van der Waals surface area contributed by atoms with Crippen molar-refractivity contribution in [1.29, 1.82) is 0 Å². The molecule has 0 saturated heterocycles. The van der Waals surface area contributed by atoms with Crippen molar-refractivity contribution < 1.29 is 9.59 Å². The number of ketones is 1. The third-order valence-electron chi connectivity index (χ3n) is 2.88. The molecule has 2 N–H and O–H groups in total. The minimum Gasteiger partial charge on any atom is -0.329 e. The molecule has 0 radical (unpaired) electrons.